The van der Waals surface area contributed by atoms with Gasteiger partial charge in [-0.3, -0.25) is 0 Å². The number of halogens is 5. The SMILES string of the molecule is CCc1ccc(-c2ccc3c(F)c(CCc4ccc(C(F)(F)F)c(F)c4)ccc3c2)cc1. The Hall–Kier alpha value is -3.21. The van der Waals surface area contributed by atoms with Crippen molar-refractivity contribution in [3.63, 3.8) is 0 Å². The Morgan fingerprint density at radius 3 is 2.03 bits per heavy atom. The van der Waals surface area contributed by atoms with E-state index in [1.807, 2.05) is 30.3 Å². The molecular weight excluding hydrogens is 419 g/mol. The highest BCUT2D eigenvalue weighted by Crippen LogP contribution is 2.32. The van der Waals surface area contributed by atoms with Crippen LogP contribution in [-0.4, -0.2) is 0 Å². The summed E-state index contributed by atoms with van der Waals surface area (Å²) in [4.78, 5) is 0. The van der Waals surface area contributed by atoms with Crippen molar-refractivity contribution in [2.75, 3.05) is 0 Å². The van der Waals surface area contributed by atoms with Gasteiger partial charge in [-0.15, -0.1) is 0 Å². The van der Waals surface area contributed by atoms with Crippen molar-refractivity contribution >= 4 is 10.8 Å². The minimum Gasteiger partial charge on any atom is -0.206 e. The summed E-state index contributed by atoms with van der Waals surface area (Å²) in [6, 6.07) is 20.2. The van der Waals surface area contributed by atoms with Crippen LogP contribution in [-0.2, 0) is 25.4 Å². The summed E-state index contributed by atoms with van der Waals surface area (Å²) in [6.45, 7) is 2.10. The maximum absolute atomic E-state index is 15.1. The van der Waals surface area contributed by atoms with Crippen LogP contribution in [0.5, 0.6) is 0 Å². The monoisotopic (exact) mass is 440 g/mol. The largest absolute Gasteiger partial charge is 0.419 e. The molecule has 0 nitrogen and oxygen atoms in total. The second-order valence-corrected chi connectivity index (χ2v) is 7.84. The molecule has 5 heteroatoms. The van der Waals surface area contributed by atoms with Crippen LogP contribution in [0.25, 0.3) is 21.9 Å². The van der Waals surface area contributed by atoms with E-state index in [0.717, 1.165) is 35.1 Å². The first-order valence-electron chi connectivity index (χ1n) is 10.4. The fourth-order valence-electron chi connectivity index (χ4n) is 3.87. The van der Waals surface area contributed by atoms with E-state index in [9.17, 15) is 17.6 Å². The molecule has 4 aromatic rings. The molecule has 0 amide bonds. The van der Waals surface area contributed by atoms with E-state index < -0.39 is 17.6 Å². The summed E-state index contributed by atoms with van der Waals surface area (Å²) < 4.78 is 67.0. The lowest BCUT2D eigenvalue weighted by Gasteiger charge is -2.11. The molecule has 0 saturated heterocycles. The van der Waals surface area contributed by atoms with Crippen LogP contribution >= 0.6 is 0 Å². The molecule has 0 unspecified atom stereocenters. The number of hydrogen-bond donors (Lipinski definition) is 0. The second-order valence-electron chi connectivity index (χ2n) is 7.84. The van der Waals surface area contributed by atoms with E-state index >= 15 is 4.39 Å². The zero-order chi connectivity index (χ0) is 22.9. The number of benzene rings is 4. The Bertz CT molecular complexity index is 1250. The Morgan fingerprint density at radius 2 is 1.38 bits per heavy atom. The third-order valence-corrected chi connectivity index (χ3v) is 5.75. The van der Waals surface area contributed by atoms with Crippen molar-refractivity contribution in [3.05, 3.63) is 107 Å². The molecule has 0 aromatic heterocycles. The van der Waals surface area contributed by atoms with Crippen molar-refractivity contribution < 1.29 is 22.0 Å². The first-order valence-corrected chi connectivity index (χ1v) is 10.4. The topological polar surface area (TPSA) is 0 Å². The summed E-state index contributed by atoms with van der Waals surface area (Å²) in [5.74, 6) is -1.67. The maximum atomic E-state index is 15.1. The second kappa shape index (κ2) is 8.73. The molecule has 0 fully saturated rings. The smallest absolute Gasteiger partial charge is 0.206 e. The van der Waals surface area contributed by atoms with Crippen molar-refractivity contribution in [1.29, 1.82) is 0 Å². The summed E-state index contributed by atoms with van der Waals surface area (Å²) in [5.41, 5.74) is 2.83. The molecule has 0 aliphatic heterocycles. The van der Waals surface area contributed by atoms with Crippen molar-refractivity contribution in [3.8, 4) is 11.1 Å². The molecule has 0 heterocycles. The maximum Gasteiger partial charge on any atom is 0.419 e. The minimum absolute atomic E-state index is 0.235. The first-order chi connectivity index (χ1) is 15.3. The number of fused-ring (bicyclic) bond motifs is 1. The van der Waals surface area contributed by atoms with Crippen molar-refractivity contribution in [1.82, 2.24) is 0 Å². The van der Waals surface area contributed by atoms with Gasteiger partial charge in [0.25, 0.3) is 0 Å². The summed E-state index contributed by atoms with van der Waals surface area (Å²) in [5, 5.41) is 1.25. The van der Waals surface area contributed by atoms with Gasteiger partial charge < -0.3 is 0 Å². The molecule has 0 saturated carbocycles. The normalized spacial score (nSPS) is 11.8. The van der Waals surface area contributed by atoms with Crippen LogP contribution in [0.15, 0.2) is 72.8 Å². The molecule has 4 rings (SSSR count). The zero-order valence-corrected chi connectivity index (χ0v) is 17.4. The van der Waals surface area contributed by atoms with Gasteiger partial charge in [0.1, 0.15) is 11.6 Å². The minimum atomic E-state index is -4.73. The average molecular weight is 440 g/mol. The lowest BCUT2D eigenvalue weighted by atomic mass is 9.96. The molecule has 0 radical (unpaired) electrons. The van der Waals surface area contributed by atoms with E-state index in [1.54, 1.807) is 12.1 Å². The zero-order valence-electron chi connectivity index (χ0n) is 17.4. The fraction of sp³-hybridized carbons (Fsp3) is 0.185. The highest BCUT2D eigenvalue weighted by Gasteiger charge is 2.33. The van der Waals surface area contributed by atoms with Crippen molar-refractivity contribution in [2.45, 2.75) is 32.4 Å². The number of rotatable bonds is 5. The lowest BCUT2D eigenvalue weighted by molar-refractivity contribution is -0.140. The lowest BCUT2D eigenvalue weighted by Crippen LogP contribution is -2.08. The predicted molar refractivity (Wildman–Crippen MR) is 118 cm³/mol. The van der Waals surface area contributed by atoms with Crippen LogP contribution in [0.3, 0.4) is 0 Å². The Labute approximate surface area is 183 Å². The number of hydrogen-bond acceptors (Lipinski definition) is 0. The van der Waals surface area contributed by atoms with Gasteiger partial charge in [-0.05, 0) is 70.7 Å². The van der Waals surface area contributed by atoms with E-state index in [-0.39, 0.29) is 18.7 Å². The first kappa shape index (κ1) is 22.0. The van der Waals surface area contributed by atoms with Gasteiger partial charge in [0.05, 0.1) is 5.56 Å². The molecule has 0 bridgehead atoms. The van der Waals surface area contributed by atoms with Gasteiger partial charge in [-0.1, -0.05) is 61.5 Å². The van der Waals surface area contributed by atoms with E-state index in [0.29, 0.717) is 16.5 Å². The van der Waals surface area contributed by atoms with Gasteiger partial charge >= 0.3 is 6.18 Å². The highest BCUT2D eigenvalue weighted by molar-refractivity contribution is 5.88. The van der Waals surface area contributed by atoms with E-state index in [1.165, 1.54) is 11.6 Å². The summed E-state index contributed by atoms with van der Waals surface area (Å²) in [7, 11) is 0. The number of aryl methyl sites for hydroxylation is 3. The van der Waals surface area contributed by atoms with Gasteiger partial charge in [-0.25, -0.2) is 8.78 Å². The number of alkyl halides is 3. The Balaban J connectivity index is 1.55. The van der Waals surface area contributed by atoms with E-state index in [2.05, 4.69) is 19.1 Å². The molecule has 164 valence electrons. The third-order valence-electron chi connectivity index (χ3n) is 5.75. The summed E-state index contributed by atoms with van der Waals surface area (Å²) in [6.07, 6.45) is -3.28. The van der Waals surface area contributed by atoms with E-state index in [4.69, 9.17) is 0 Å². The molecule has 0 aliphatic carbocycles. The molecule has 4 aromatic carbocycles. The van der Waals surface area contributed by atoms with Crippen LogP contribution in [0.1, 0.15) is 29.2 Å². The molecule has 0 aliphatic rings. The van der Waals surface area contributed by atoms with Gasteiger partial charge in [0, 0.05) is 5.39 Å². The van der Waals surface area contributed by atoms with Gasteiger partial charge in [-0.2, -0.15) is 13.2 Å². The van der Waals surface area contributed by atoms with Crippen LogP contribution in [0.4, 0.5) is 22.0 Å². The fourth-order valence-corrected chi connectivity index (χ4v) is 3.87. The highest BCUT2D eigenvalue weighted by atomic mass is 19.4. The Morgan fingerprint density at radius 1 is 0.688 bits per heavy atom. The third kappa shape index (κ3) is 4.52. The summed E-state index contributed by atoms with van der Waals surface area (Å²) >= 11 is 0. The van der Waals surface area contributed by atoms with Crippen molar-refractivity contribution in [2.24, 2.45) is 0 Å². The molecule has 0 atom stereocenters. The quantitative estimate of drug-likeness (QED) is 0.275. The molecular formula is C27H21F5. The Kier molecular flexibility index (Phi) is 6.00. The molecule has 0 spiro atoms. The standard InChI is InChI=1S/C27H21F5/c1-2-17-3-7-19(8-4-17)21-12-13-23-22(16-21)11-10-20(26(23)29)9-5-18-6-14-24(25(28)15-18)27(30,31)32/h3-4,6-8,10-16H,2,5,9H2,1H3. The van der Waals surface area contributed by atoms with Gasteiger partial charge in [0.15, 0.2) is 0 Å². The van der Waals surface area contributed by atoms with Crippen LogP contribution < -0.4 is 0 Å². The molecule has 0 N–H and O–H groups in total. The molecule has 32 heavy (non-hydrogen) atoms. The average Bonchev–Trinajstić information content (AvgIpc) is 2.77. The van der Waals surface area contributed by atoms with Crippen LogP contribution in [0.2, 0.25) is 0 Å². The van der Waals surface area contributed by atoms with Gasteiger partial charge in [0.2, 0.25) is 0 Å². The predicted octanol–water partition coefficient (Wildman–Crippen LogP) is 8.15. The van der Waals surface area contributed by atoms with Crippen LogP contribution in [0, 0.1) is 11.6 Å².